The summed E-state index contributed by atoms with van der Waals surface area (Å²) in [5, 5.41) is 9.63. The van der Waals surface area contributed by atoms with Crippen molar-refractivity contribution in [1.29, 1.82) is 5.26 Å². The fourth-order valence-corrected chi connectivity index (χ4v) is 4.30. The van der Waals surface area contributed by atoms with Crippen LogP contribution in [0.1, 0.15) is 11.1 Å². The number of pyridine rings is 1. The second kappa shape index (κ2) is 8.68. The van der Waals surface area contributed by atoms with Crippen LogP contribution in [0, 0.1) is 24.1 Å². The molecule has 4 rings (SSSR count). The average Bonchev–Trinajstić information content (AvgIpc) is 2.81. The molecule has 2 aromatic carbocycles. The Hall–Kier alpha value is -4.29. The zero-order valence-corrected chi connectivity index (χ0v) is 18.1. The van der Waals surface area contributed by atoms with Crippen molar-refractivity contribution < 1.29 is 17.5 Å². The van der Waals surface area contributed by atoms with E-state index >= 15 is 0 Å². The molecule has 0 aliphatic carbocycles. The second-order valence-electron chi connectivity index (χ2n) is 7.01. The third-order valence-corrected chi connectivity index (χ3v) is 6.49. The normalized spacial score (nSPS) is 11.8. The number of hydrogen-bond donors (Lipinski definition) is 0. The number of nitrogens with zero attached hydrogens (tertiary/aromatic N) is 3. The topological polar surface area (TPSA) is 102 Å². The van der Waals surface area contributed by atoms with Crippen LogP contribution in [0.25, 0.3) is 11.7 Å². The smallest absolute Gasteiger partial charge is 0.269 e. The number of benzene rings is 2. The molecule has 4 aromatic rings. The molecule has 0 spiro atoms. The molecule has 2 heterocycles. The molecule has 164 valence electrons. The van der Waals surface area contributed by atoms with Gasteiger partial charge < -0.3 is 4.74 Å². The lowest BCUT2D eigenvalue weighted by Crippen LogP contribution is -2.20. The predicted octanol–water partition coefficient (Wildman–Crippen LogP) is 4.27. The number of aromatic nitrogens is 2. The Labute approximate surface area is 188 Å². The van der Waals surface area contributed by atoms with E-state index < -0.39 is 26.1 Å². The molecule has 33 heavy (non-hydrogen) atoms. The quantitative estimate of drug-likeness (QED) is 0.411. The largest absolute Gasteiger partial charge is 0.438 e. The predicted molar refractivity (Wildman–Crippen MR) is 120 cm³/mol. The highest BCUT2D eigenvalue weighted by molar-refractivity contribution is 7.95. The lowest BCUT2D eigenvalue weighted by molar-refractivity contribution is 0.459. The van der Waals surface area contributed by atoms with Crippen LogP contribution >= 0.6 is 0 Å². The van der Waals surface area contributed by atoms with Crippen LogP contribution in [0.2, 0.25) is 0 Å². The highest BCUT2D eigenvalue weighted by atomic mass is 32.2. The van der Waals surface area contributed by atoms with Gasteiger partial charge in [-0.05, 0) is 61.0 Å². The van der Waals surface area contributed by atoms with Crippen molar-refractivity contribution in [3.63, 3.8) is 0 Å². The molecule has 0 aliphatic heterocycles. The summed E-state index contributed by atoms with van der Waals surface area (Å²) >= 11 is 0. The van der Waals surface area contributed by atoms with Crippen LogP contribution < -0.4 is 10.3 Å². The Morgan fingerprint density at radius 2 is 1.79 bits per heavy atom. The van der Waals surface area contributed by atoms with Gasteiger partial charge in [-0.3, -0.25) is 9.20 Å². The molecule has 0 amide bonds. The number of halogens is 1. The van der Waals surface area contributed by atoms with Gasteiger partial charge >= 0.3 is 0 Å². The van der Waals surface area contributed by atoms with Crippen molar-refractivity contribution >= 4 is 21.6 Å². The Bertz CT molecular complexity index is 1590. The lowest BCUT2D eigenvalue weighted by Gasteiger charge is -2.11. The summed E-state index contributed by atoms with van der Waals surface area (Å²) in [7, 11) is -4.20. The molecule has 0 aliphatic rings. The van der Waals surface area contributed by atoms with E-state index in [0.717, 1.165) is 6.08 Å². The number of ether oxygens (including phenoxy) is 1. The molecule has 0 atom stereocenters. The fraction of sp³-hybridized carbons (Fsp3) is 0.0417. The minimum atomic E-state index is -4.20. The first-order valence-electron chi connectivity index (χ1n) is 9.68. The van der Waals surface area contributed by atoms with Gasteiger partial charge in [0.05, 0.1) is 4.90 Å². The van der Waals surface area contributed by atoms with E-state index in [2.05, 4.69) is 4.98 Å². The maximum atomic E-state index is 13.3. The van der Waals surface area contributed by atoms with Gasteiger partial charge in [-0.2, -0.15) is 10.2 Å². The van der Waals surface area contributed by atoms with Crippen LogP contribution in [0.3, 0.4) is 0 Å². The summed E-state index contributed by atoms with van der Waals surface area (Å²) in [6.45, 7) is 1.75. The first-order chi connectivity index (χ1) is 15.8. The minimum Gasteiger partial charge on any atom is -0.438 e. The molecule has 0 saturated carbocycles. The Balaban J connectivity index is 1.97. The molecule has 2 aromatic heterocycles. The van der Waals surface area contributed by atoms with E-state index in [9.17, 15) is 22.9 Å². The Morgan fingerprint density at radius 3 is 2.45 bits per heavy atom. The first-order valence-corrected chi connectivity index (χ1v) is 11.2. The van der Waals surface area contributed by atoms with E-state index in [4.69, 9.17) is 4.74 Å². The van der Waals surface area contributed by atoms with Crippen LogP contribution in [0.15, 0.2) is 87.5 Å². The summed E-state index contributed by atoms with van der Waals surface area (Å²) in [4.78, 5) is 16.9. The van der Waals surface area contributed by atoms with Gasteiger partial charge in [-0.1, -0.05) is 24.3 Å². The van der Waals surface area contributed by atoms with Crippen LogP contribution in [0.4, 0.5) is 4.39 Å². The monoisotopic (exact) mass is 461 g/mol. The summed E-state index contributed by atoms with van der Waals surface area (Å²) in [6, 6.07) is 17.5. The Morgan fingerprint density at radius 1 is 1.09 bits per heavy atom. The van der Waals surface area contributed by atoms with Gasteiger partial charge in [-0.15, -0.1) is 0 Å². The molecule has 0 bridgehead atoms. The molecule has 0 N–H and O–H groups in total. The third kappa shape index (κ3) is 4.24. The zero-order chi connectivity index (χ0) is 23.6. The molecule has 0 saturated heterocycles. The highest BCUT2D eigenvalue weighted by Gasteiger charge is 2.23. The van der Waals surface area contributed by atoms with Crippen molar-refractivity contribution in [1.82, 2.24) is 9.38 Å². The maximum Gasteiger partial charge on any atom is 0.269 e. The third-order valence-electron chi connectivity index (χ3n) is 4.81. The summed E-state index contributed by atoms with van der Waals surface area (Å²) in [5.74, 6) is -0.511. The highest BCUT2D eigenvalue weighted by Crippen LogP contribution is 2.27. The number of nitriles is 1. The van der Waals surface area contributed by atoms with Gasteiger partial charge in [-0.25, -0.2) is 12.8 Å². The number of aryl methyl sites for hydroxylation is 1. The van der Waals surface area contributed by atoms with Crippen molar-refractivity contribution in [3.8, 4) is 17.7 Å². The SMILES string of the molecule is Cc1cccn2c(=O)c(/C=C(/C#N)S(=O)(=O)c3ccccc3)c(Oc3ccc(F)cc3)nc12. The van der Waals surface area contributed by atoms with Gasteiger partial charge in [0.15, 0.2) is 0 Å². The van der Waals surface area contributed by atoms with Crippen LogP contribution in [0.5, 0.6) is 11.6 Å². The molecule has 0 unspecified atom stereocenters. The Kier molecular flexibility index (Phi) is 5.77. The zero-order valence-electron chi connectivity index (χ0n) is 17.3. The summed E-state index contributed by atoms with van der Waals surface area (Å²) in [5.41, 5.74) is 0.1000. The van der Waals surface area contributed by atoms with Crippen molar-refractivity contribution in [2.24, 2.45) is 0 Å². The van der Waals surface area contributed by atoms with Crippen LogP contribution in [-0.2, 0) is 9.84 Å². The van der Waals surface area contributed by atoms with E-state index in [-0.39, 0.29) is 22.1 Å². The molecule has 9 heteroatoms. The van der Waals surface area contributed by atoms with Crippen LogP contribution in [-0.4, -0.2) is 17.8 Å². The fourth-order valence-electron chi connectivity index (χ4n) is 3.14. The van der Waals surface area contributed by atoms with Crippen molar-refractivity contribution in [3.05, 3.63) is 105 Å². The number of rotatable bonds is 5. The molecule has 0 fully saturated rings. The maximum absolute atomic E-state index is 13.3. The summed E-state index contributed by atoms with van der Waals surface area (Å²) in [6.07, 6.45) is 2.43. The average molecular weight is 461 g/mol. The molecule has 0 radical (unpaired) electrons. The van der Waals surface area contributed by atoms with Gasteiger partial charge in [0.1, 0.15) is 33.8 Å². The van der Waals surface area contributed by atoms with E-state index in [0.29, 0.717) is 11.2 Å². The lowest BCUT2D eigenvalue weighted by atomic mass is 10.2. The van der Waals surface area contributed by atoms with E-state index in [1.807, 2.05) is 0 Å². The second-order valence-corrected chi connectivity index (χ2v) is 8.93. The molecular weight excluding hydrogens is 445 g/mol. The minimum absolute atomic E-state index is 0.0940. The molecule has 7 nitrogen and oxygen atoms in total. The number of allylic oxidation sites excluding steroid dienone is 1. The first kappa shape index (κ1) is 21.9. The molecular formula is C24H16FN3O4S. The standard InChI is InChI=1S/C24H16FN3O4S/c1-16-6-5-13-28-22(16)27-23(32-18-11-9-17(25)10-12-18)21(24(28)29)14-20(15-26)33(30,31)19-7-3-2-4-8-19/h2-14H,1H3/b20-14-. The number of hydrogen-bond acceptors (Lipinski definition) is 6. The van der Waals surface area contributed by atoms with Gasteiger partial charge in [0.25, 0.3) is 5.56 Å². The van der Waals surface area contributed by atoms with E-state index in [1.54, 1.807) is 31.2 Å². The summed E-state index contributed by atoms with van der Waals surface area (Å²) < 4.78 is 46.3. The van der Waals surface area contributed by atoms with Gasteiger partial charge in [0.2, 0.25) is 15.7 Å². The van der Waals surface area contributed by atoms with Gasteiger partial charge in [0, 0.05) is 6.20 Å². The number of sulfone groups is 1. The van der Waals surface area contributed by atoms with Crippen molar-refractivity contribution in [2.75, 3.05) is 0 Å². The van der Waals surface area contributed by atoms with Crippen molar-refractivity contribution in [2.45, 2.75) is 11.8 Å². The van der Waals surface area contributed by atoms with E-state index in [1.165, 1.54) is 59.1 Å². The number of fused-ring (bicyclic) bond motifs is 1.